The summed E-state index contributed by atoms with van der Waals surface area (Å²) in [6, 6.07) is -0.286. The molecule has 1 amide bonds. The lowest BCUT2D eigenvalue weighted by Gasteiger charge is -2.42. The van der Waals surface area contributed by atoms with Crippen LogP contribution in [0.3, 0.4) is 0 Å². The van der Waals surface area contributed by atoms with Crippen LogP contribution in [0.5, 0.6) is 11.9 Å². The molecular weight excluding hydrogens is 586 g/mol. The van der Waals surface area contributed by atoms with Crippen LogP contribution in [0.15, 0.2) is 0 Å². The lowest BCUT2D eigenvalue weighted by Crippen LogP contribution is -2.57. The molecule has 2 bridgehead atoms. The fourth-order valence-electron chi connectivity index (χ4n) is 7.03. The normalized spacial score (nSPS) is 27.2. The van der Waals surface area contributed by atoms with Gasteiger partial charge in [0.05, 0.1) is 24.2 Å². The molecule has 4 aliphatic heterocycles. The Bertz CT molecular complexity index is 1370. The van der Waals surface area contributed by atoms with Crippen molar-refractivity contribution in [1.82, 2.24) is 24.8 Å². The van der Waals surface area contributed by atoms with E-state index >= 15 is 4.39 Å². The highest BCUT2D eigenvalue weighted by atomic mass is 35.5. The second-order valence-corrected chi connectivity index (χ2v) is 13.3. The van der Waals surface area contributed by atoms with Gasteiger partial charge in [-0.15, -0.1) is 0 Å². The number of halogens is 3. The Morgan fingerprint density at radius 1 is 1.09 bits per heavy atom. The molecule has 2 aromatic heterocycles. The summed E-state index contributed by atoms with van der Waals surface area (Å²) in [5, 5.41) is -0.122. The van der Waals surface area contributed by atoms with Crippen molar-refractivity contribution in [2.24, 2.45) is 0 Å². The summed E-state index contributed by atoms with van der Waals surface area (Å²) in [5.74, 6) is -0.352. The van der Waals surface area contributed by atoms with E-state index in [0.29, 0.717) is 31.9 Å². The molecule has 6 heterocycles. The average Bonchev–Trinajstić information content (AvgIpc) is 3.56. The molecule has 6 rings (SSSR count). The Kier molecular flexibility index (Phi) is 8.18. The number of anilines is 1. The molecule has 236 valence electrons. The number of carbonyl (C=O) groups is 1. The number of hydrogen-bond acceptors (Lipinski definition) is 10. The van der Waals surface area contributed by atoms with Crippen molar-refractivity contribution in [1.29, 1.82) is 0 Å². The number of methoxy groups -OCH3 is 1. The summed E-state index contributed by atoms with van der Waals surface area (Å²) < 4.78 is 52.9. The number of amides is 1. The summed E-state index contributed by atoms with van der Waals surface area (Å²) in [4.78, 5) is 32.5. The minimum absolute atomic E-state index is 0.0306. The number of rotatable bonds is 8. The number of piperazine rings is 1. The summed E-state index contributed by atoms with van der Waals surface area (Å²) in [6.45, 7) is 8.23. The molecule has 2 aromatic rings. The number of nitrogens with zero attached hydrogens (tertiary/aromatic N) is 6. The van der Waals surface area contributed by atoms with E-state index in [1.165, 1.54) is 0 Å². The number of ether oxygens (including phenoxy) is 4. The molecule has 0 aliphatic carbocycles. The molecule has 43 heavy (non-hydrogen) atoms. The van der Waals surface area contributed by atoms with E-state index < -0.39 is 23.1 Å². The number of aromatic nitrogens is 3. The molecule has 0 spiro atoms. The zero-order valence-corrected chi connectivity index (χ0v) is 25.8. The minimum atomic E-state index is -0.914. The predicted molar refractivity (Wildman–Crippen MR) is 155 cm³/mol. The maximum Gasteiger partial charge on any atom is 0.410 e. The first-order valence-corrected chi connectivity index (χ1v) is 15.3. The Morgan fingerprint density at radius 3 is 2.53 bits per heavy atom. The molecule has 0 aromatic carbocycles. The van der Waals surface area contributed by atoms with Crippen LogP contribution in [-0.4, -0.2) is 113 Å². The summed E-state index contributed by atoms with van der Waals surface area (Å²) in [7, 11) is 1.55. The van der Waals surface area contributed by atoms with Crippen LogP contribution in [0.1, 0.15) is 52.9 Å². The Hall–Kier alpha value is -2.77. The van der Waals surface area contributed by atoms with Crippen molar-refractivity contribution in [3.8, 4) is 11.9 Å². The molecule has 4 saturated heterocycles. The van der Waals surface area contributed by atoms with E-state index in [1.54, 1.807) is 7.11 Å². The van der Waals surface area contributed by atoms with Crippen molar-refractivity contribution in [2.75, 3.05) is 58.0 Å². The molecule has 0 radical (unpaired) electrons. The van der Waals surface area contributed by atoms with Crippen LogP contribution in [0.4, 0.5) is 19.4 Å². The standard InChI is InChI=1S/C29H39ClF2N6O5/c1-28(2,3)43-27(39)38-18-6-7-19(38)15-36(14-18)24-20-22(21(32)23(30)34-25(20)41-11-10-40-4)33-26(35-24)42-16-29-8-5-9-37(29)13-17(31)12-29/h17-19H,5-16H2,1-4H3/t17-,18?,19?,29+/m1/s1. The fourth-order valence-corrected chi connectivity index (χ4v) is 7.20. The van der Waals surface area contributed by atoms with Gasteiger partial charge in [-0.1, -0.05) is 11.6 Å². The minimum Gasteiger partial charge on any atom is -0.475 e. The second-order valence-electron chi connectivity index (χ2n) is 13.0. The highest BCUT2D eigenvalue weighted by Crippen LogP contribution is 2.42. The van der Waals surface area contributed by atoms with E-state index in [1.807, 2.05) is 30.6 Å². The zero-order valence-electron chi connectivity index (χ0n) is 25.1. The van der Waals surface area contributed by atoms with Crippen LogP contribution in [-0.2, 0) is 9.47 Å². The van der Waals surface area contributed by atoms with Crippen LogP contribution >= 0.6 is 11.6 Å². The Labute approximate surface area is 254 Å². The monoisotopic (exact) mass is 624 g/mol. The largest absolute Gasteiger partial charge is 0.475 e. The van der Waals surface area contributed by atoms with Crippen molar-refractivity contribution >= 4 is 34.4 Å². The van der Waals surface area contributed by atoms with E-state index in [2.05, 4.69) is 14.9 Å². The Balaban J connectivity index is 1.36. The van der Waals surface area contributed by atoms with Gasteiger partial charge in [-0.25, -0.2) is 13.6 Å². The van der Waals surface area contributed by atoms with Gasteiger partial charge in [-0.2, -0.15) is 15.0 Å². The maximum atomic E-state index is 15.6. The summed E-state index contributed by atoms with van der Waals surface area (Å²) >= 11 is 6.21. The van der Waals surface area contributed by atoms with Gasteiger partial charge in [0, 0.05) is 33.2 Å². The highest BCUT2D eigenvalue weighted by Gasteiger charge is 2.50. The molecule has 0 saturated carbocycles. The number of alkyl halides is 1. The third-order valence-corrected chi connectivity index (χ3v) is 9.07. The molecule has 0 N–H and O–H groups in total. The first-order valence-electron chi connectivity index (χ1n) is 14.9. The van der Waals surface area contributed by atoms with E-state index in [-0.39, 0.29) is 65.9 Å². The third kappa shape index (κ3) is 5.87. The van der Waals surface area contributed by atoms with E-state index in [0.717, 1.165) is 32.2 Å². The number of fused-ring (bicyclic) bond motifs is 4. The van der Waals surface area contributed by atoms with Gasteiger partial charge in [0.1, 0.15) is 41.7 Å². The van der Waals surface area contributed by atoms with Crippen molar-refractivity contribution in [3.05, 3.63) is 11.0 Å². The SMILES string of the molecule is COCCOc1nc(Cl)c(F)c2nc(OC[C@@]34CCCN3C[C@H](F)C4)nc(N3CC4CCC(C3)N4C(=O)OC(C)(C)C)c12. The average molecular weight is 625 g/mol. The van der Waals surface area contributed by atoms with E-state index in [9.17, 15) is 9.18 Å². The lowest BCUT2D eigenvalue weighted by molar-refractivity contribution is 0.0122. The lowest BCUT2D eigenvalue weighted by atomic mass is 9.95. The Morgan fingerprint density at radius 2 is 1.84 bits per heavy atom. The molecule has 4 aliphatic rings. The zero-order chi connectivity index (χ0) is 30.5. The van der Waals surface area contributed by atoms with Crippen molar-refractivity contribution < 1.29 is 32.5 Å². The number of carbonyl (C=O) groups excluding carboxylic acids is 1. The smallest absolute Gasteiger partial charge is 0.410 e. The first kappa shape index (κ1) is 30.3. The fraction of sp³-hybridized carbons (Fsp3) is 0.724. The van der Waals surface area contributed by atoms with Crippen LogP contribution in [0.25, 0.3) is 10.9 Å². The maximum absolute atomic E-state index is 15.6. The predicted octanol–water partition coefficient (Wildman–Crippen LogP) is 4.39. The molecule has 4 fully saturated rings. The highest BCUT2D eigenvalue weighted by molar-refractivity contribution is 6.30. The number of pyridine rings is 1. The molecule has 4 atom stereocenters. The molecular formula is C29H39ClF2N6O5. The molecule has 2 unspecified atom stereocenters. The van der Waals surface area contributed by atoms with Crippen molar-refractivity contribution in [3.63, 3.8) is 0 Å². The third-order valence-electron chi connectivity index (χ3n) is 8.82. The first-order chi connectivity index (χ1) is 20.5. The molecule has 14 heteroatoms. The van der Waals surface area contributed by atoms with Gasteiger partial charge in [0.2, 0.25) is 5.88 Å². The number of hydrogen-bond donors (Lipinski definition) is 0. The second kappa shape index (κ2) is 11.6. The van der Waals surface area contributed by atoms with Gasteiger partial charge >= 0.3 is 12.1 Å². The van der Waals surface area contributed by atoms with Crippen LogP contribution < -0.4 is 14.4 Å². The molecule has 11 nitrogen and oxygen atoms in total. The van der Waals surface area contributed by atoms with Crippen LogP contribution in [0.2, 0.25) is 5.15 Å². The summed E-state index contributed by atoms with van der Waals surface area (Å²) in [5.41, 5.74) is -1.13. The van der Waals surface area contributed by atoms with Crippen LogP contribution in [0, 0.1) is 5.82 Å². The van der Waals surface area contributed by atoms with Gasteiger partial charge in [0.25, 0.3) is 0 Å². The van der Waals surface area contributed by atoms with Gasteiger partial charge in [-0.3, -0.25) is 9.80 Å². The van der Waals surface area contributed by atoms with Gasteiger partial charge in [0.15, 0.2) is 11.0 Å². The topological polar surface area (TPSA) is 102 Å². The van der Waals surface area contributed by atoms with Gasteiger partial charge < -0.3 is 23.8 Å². The van der Waals surface area contributed by atoms with Crippen molar-refractivity contribution in [2.45, 2.75) is 82.3 Å². The summed E-state index contributed by atoms with van der Waals surface area (Å²) in [6.07, 6.45) is 2.49. The van der Waals surface area contributed by atoms with Gasteiger partial charge in [-0.05, 0) is 53.0 Å². The quantitative estimate of drug-likeness (QED) is 0.310. The van der Waals surface area contributed by atoms with E-state index in [4.69, 9.17) is 35.5 Å².